The lowest BCUT2D eigenvalue weighted by Gasteiger charge is -2.20. The van der Waals surface area contributed by atoms with Crippen LogP contribution in [0.2, 0.25) is 0 Å². The number of aliphatic hydroxyl groups excluding tert-OH is 1. The van der Waals surface area contributed by atoms with Crippen LogP contribution in [-0.4, -0.2) is 23.8 Å². The van der Waals surface area contributed by atoms with E-state index in [1.807, 2.05) is 6.92 Å². The molecule has 0 aromatic heterocycles. The van der Waals surface area contributed by atoms with Crippen LogP contribution in [0.3, 0.4) is 0 Å². The Morgan fingerprint density at radius 1 is 1.14 bits per heavy atom. The van der Waals surface area contributed by atoms with Gasteiger partial charge in [0.1, 0.15) is 0 Å². The maximum atomic E-state index is 9.13. The second-order valence-corrected chi connectivity index (χ2v) is 4.45. The van der Waals surface area contributed by atoms with Crippen molar-refractivity contribution in [1.29, 1.82) is 0 Å². The van der Waals surface area contributed by atoms with Gasteiger partial charge in [0.05, 0.1) is 6.10 Å². The molecule has 0 heterocycles. The van der Waals surface area contributed by atoms with Gasteiger partial charge in [0.15, 0.2) is 0 Å². The molecule has 2 heteroatoms. The van der Waals surface area contributed by atoms with Crippen molar-refractivity contribution >= 4 is 0 Å². The van der Waals surface area contributed by atoms with E-state index in [0.717, 1.165) is 18.9 Å². The van der Waals surface area contributed by atoms with Gasteiger partial charge >= 0.3 is 0 Å². The molecule has 0 aromatic carbocycles. The highest BCUT2D eigenvalue weighted by Gasteiger charge is 2.09. The first-order valence-corrected chi connectivity index (χ1v) is 6.01. The van der Waals surface area contributed by atoms with Gasteiger partial charge in [-0.25, -0.2) is 0 Å². The molecular weight excluding hydrogens is 174 g/mol. The molecule has 0 spiro atoms. The molecule has 0 aliphatic heterocycles. The second-order valence-electron chi connectivity index (χ2n) is 4.45. The van der Waals surface area contributed by atoms with Gasteiger partial charge in [-0.3, -0.25) is 0 Å². The van der Waals surface area contributed by atoms with E-state index in [-0.39, 0.29) is 6.10 Å². The van der Waals surface area contributed by atoms with Gasteiger partial charge in [-0.2, -0.15) is 0 Å². The molecule has 0 aliphatic carbocycles. The Labute approximate surface area is 89.1 Å². The van der Waals surface area contributed by atoms with Gasteiger partial charge in [-0.15, -0.1) is 0 Å². The number of hydrogen-bond donors (Lipinski definition) is 2. The van der Waals surface area contributed by atoms with Crippen molar-refractivity contribution in [1.82, 2.24) is 5.32 Å². The summed E-state index contributed by atoms with van der Waals surface area (Å²) in [5, 5.41) is 12.6. The smallest absolute Gasteiger partial charge is 0.0524 e. The minimum absolute atomic E-state index is 0.177. The van der Waals surface area contributed by atoms with Crippen molar-refractivity contribution in [2.75, 3.05) is 6.54 Å². The van der Waals surface area contributed by atoms with Gasteiger partial charge in [0, 0.05) is 6.04 Å². The van der Waals surface area contributed by atoms with Crippen LogP contribution in [0.15, 0.2) is 0 Å². The highest BCUT2D eigenvalue weighted by molar-refractivity contribution is 4.68. The lowest BCUT2D eigenvalue weighted by molar-refractivity contribution is 0.181. The van der Waals surface area contributed by atoms with Crippen LogP contribution >= 0.6 is 0 Å². The normalized spacial score (nSPS) is 17.8. The van der Waals surface area contributed by atoms with E-state index in [0.29, 0.717) is 6.04 Å². The summed E-state index contributed by atoms with van der Waals surface area (Å²) >= 11 is 0. The Morgan fingerprint density at radius 3 is 2.21 bits per heavy atom. The fourth-order valence-corrected chi connectivity index (χ4v) is 1.54. The summed E-state index contributed by atoms with van der Waals surface area (Å²) in [6.07, 6.45) is 4.38. The number of nitrogens with one attached hydrogen (secondary N) is 1. The van der Waals surface area contributed by atoms with E-state index in [1.165, 1.54) is 19.3 Å². The summed E-state index contributed by atoms with van der Waals surface area (Å²) in [6.45, 7) is 9.55. The third-order valence-corrected chi connectivity index (χ3v) is 2.87. The van der Waals surface area contributed by atoms with Gasteiger partial charge in [-0.1, -0.05) is 27.2 Å². The summed E-state index contributed by atoms with van der Waals surface area (Å²) in [5.41, 5.74) is 0. The molecule has 0 amide bonds. The second kappa shape index (κ2) is 8.25. The van der Waals surface area contributed by atoms with Crippen LogP contribution in [0.5, 0.6) is 0 Å². The maximum absolute atomic E-state index is 9.13. The molecule has 0 saturated heterocycles. The van der Waals surface area contributed by atoms with Gasteiger partial charge in [-0.05, 0) is 38.6 Å². The fourth-order valence-electron chi connectivity index (χ4n) is 1.54. The zero-order valence-electron chi connectivity index (χ0n) is 10.2. The van der Waals surface area contributed by atoms with Crippen LogP contribution in [0.25, 0.3) is 0 Å². The van der Waals surface area contributed by atoms with E-state index < -0.39 is 0 Å². The van der Waals surface area contributed by atoms with Gasteiger partial charge < -0.3 is 10.4 Å². The van der Waals surface area contributed by atoms with Crippen molar-refractivity contribution in [2.24, 2.45) is 5.92 Å². The molecule has 0 fully saturated rings. The molecule has 86 valence electrons. The molecule has 3 atom stereocenters. The summed E-state index contributed by atoms with van der Waals surface area (Å²) in [6, 6.07) is 0.628. The van der Waals surface area contributed by atoms with Gasteiger partial charge in [0.25, 0.3) is 0 Å². The van der Waals surface area contributed by atoms with Crippen molar-refractivity contribution in [3.8, 4) is 0 Å². The van der Waals surface area contributed by atoms with Gasteiger partial charge in [0.2, 0.25) is 0 Å². The van der Waals surface area contributed by atoms with Crippen molar-refractivity contribution < 1.29 is 5.11 Å². The third-order valence-electron chi connectivity index (χ3n) is 2.87. The third kappa shape index (κ3) is 7.34. The molecule has 0 aliphatic rings. The minimum atomic E-state index is -0.177. The first-order valence-electron chi connectivity index (χ1n) is 6.01. The lowest BCUT2D eigenvalue weighted by atomic mass is 9.98. The molecule has 0 bridgehead atoms. The molecule has 0 aromatic rings. The Hall–Kier alpha value is -0.0800. The zero-order valence-corrected chi connectivity index (χ0v) is 10.2. The Bertz CT molecular complexity index is 125. The average Bonchev–Trinajstić information content (AvgIpc) is 2.15. The SMILES string of the molecule is CCC(C)CC(CC)NCCC(C)O. The molecule has 0 saturated carbocycles. The predicted octanol–water partition coefficient (Wildman–Crippen LogP) is 2.56. The Balaban J connectivity index is 3.57. The molecule has 2 N–H and O–H groups in total. The highest BCUT2D eigenvalue weighted by Crippen LogP contribution is 2.11. The maximum Gasteiger partial charge on any atom is 0.0524 e. The van der Waals surface area contributed by atoms with E-state index in [1.54, 1.807) is 0 Å². The van der Waals surface area contributed by atoms with Crippen LogP contribution in [0, 0.1) is 5.92 Å². The quantitative estimate of drug-likeness (QED) is 0.632. The molecular formula is C12H27NO. The van der Waals surface area contributed by atoms with E-state index in [9.17, 15) is 0 Å². The number of aliphatic hydroxyl groups is 1. The van der Waals surface area contributed by atoms with Crippen LogP contribution in [0.4, 0.5) is 0 Å². The molecule has 14 heavy (non-hydrogen) atoms. The van der Waals surface area contributed by atoms with Crippen molar-refractivity contribution in [2.45, 2.75) is 65.5 Å². The first-order chi connectivity index (χ1) is 6.60. The number of rotatable bonds is 8. The highest BCUT2D eigenvalue weighted by atomic mass is 16.3. The van der Waals surface area contributed by atoms with Crippen molar-refractivity contribution in [3.05, 3.63) is 0 Å². The molecule has 0 radical (unpaired) electrons. The van der Waals surface area contributed by atoms with Crippen LogP contribution in [0.1, 0.15) is 53.4 Å². The monoisotopic (exact) mass is 201 g/mol. The summed E-state index contributed by atoms with van der Waals surface area (Å²) in [5.74, 6) is 0.805. The molecule has 0 rings (SSSR count). The Morgan fingerprint density at radius 2 is 1.79 bits per heavy atom. The number of hydrogen-bond acceptors (Lipinski definition) is 2. The zero-order chi connectivity index (χ0) is 11.0. The minimum Gasteiger partial charge on any atom is -0.393 e. The van der Waals surface area contributed by atoms with E-state index in [2.05, 4.69) is 26.1 Å². The van der Waals surface area contributed by atoms with Crippen LogP contribution in [-0.2, 0) is 0 Å². The standard InChI is InChI=1S/C12H27NO/c1-5-10(3)9-12(6-2)13-8-7-11(4)14/h10-14H,5-9H2,1-4H3. The topological polar surface area (TPSA) is 32.3 Å². The molecule has 2 nitrogen and oxygen atoms in total. The summed E-state index contributed by atoms with van der Waals surface area (Å²) in [7, 11) is 0. The largest absolute Gasteiger partial charge is 0.393 e. The van der Waals surface area contributed by atoms with Crippen LogP contribution < -0.4 is 5.32 Å². The van der Waals surface area contributed by atoms with E-state index in [4.69, 9.17) is 5.11 Å². The fraction of sp³-hybridized carbons (Fsp3) is 1.00. The summed E-state index contributed by atoms with van der Waals surface area (Å²) in [4.78, 5) is 0. The van der Waals surface area contributed by atoms with E-state index >= 15 is 0 Å². The average molecular weight is 201 g/mol. The first kappa shape index (κ1) is 13.9. The van der Waals surface area contributed by atoms with Crippen molar-refractivity contribution in [3.63, 3.8) is 0 Å². The summed E-state index contributed by atoms with van der Waals surface area (Å²) < 4.78 is 0. The molecule has 3 unspecified atom stereocenters. The predicted molar refractivity (Wildman–Crippen MR) is 62.5 cm³/mol. The Kier molecular flexibility index (Phi) is 8.20. The lowest BCUT2D eigenvalue weighted by Crippen LogP contribution is -2.32.